The summed E-state index contributed by atoms with van der Waals surface area (Å²) in [5.74, 6) is 0.0636. The fourth-order valence-corrected chi connectivity index (χ4v) is 4.68. The third kappa shape index (κ3) is 4.48. The van der Waals surface area contributed by atoms with E-state index >= 15 is 0 Å². The Hall–Kier alpha value is -2.77. The highest BCUT2D eigenvalue weighted by atomic mass is 16.5. The summed E-state index contributed by atoms with van der Waals surface area (Å²) in [4.78, 5) is 26.6. The first kappa shape index (κ1) is 20.2. The second-order valence-corrected chi connectivity index (χ2v) is 8.41. The Balaban J connectivity index is 1.22. The van der Waals surface area contributed by atoms with Crippen LogP contribution in [0, 0.1) is 0 Å². The number of ether oxygens (including phenoxy) is 1. The van der Waals surface area contributed by atoms with Gasteiger partial charge in [0.15, 0.2) is 5.65 Å². The van der Waals surface area contributed by atoms with E-state index in [-0.39, 0.29) is 5.91 Å². The number of carbonyl (C=O) groups excluding carboxylic acids is 1. The second-order valence-electron chi connectivity index (χ2n) is 8.41. The first-order valence-corrected chi connectivity index (χ1v) is 11.2. The van der Waals surface area contributed by atoms with E-state index in [1.54, 1.807) is 6.20 Å². The van der Waals surface area contributed by atoms with Gasteiger partial charge >= 0.3 is 0 Å². The fourth-order valence-electron chi connectivity index (χ4n) is 4.68. The second kappa shape index (κ2) is 9.16. The molecule has 2 saturated heterocycles. The quantitative estimate of drug-likeness (QED) is 0.636. The van der Waals surface area contributed by atoms with Crippen LogP contribution < -0.4 is 0 Å². The number of likely N-dealkylation sites (tertiary alicyclic amines) is 1. The van der Waals surface area contributed by atoms with Crippen LogP contribution in [-0.4, -0.2) is 75.7 Å². The van der Waals surface area contributed by atoms with Crippen molar-refractivity contribution >= 4 is 17.1 Å². The molecule has 1 aromatic carbocycles. The SMILES string of the molecule is O=C(c1cnc2c(c1)ncn2CCc1ccccc1)N1CCC(N2CCOCC2)CC1. The predicted octanol–water partition coefficient (Wildman–Crippen LogP) is 2.61. The lowest BCUT2D eigenvalue weighted by Crippen LogP contribution is -2.50. The Bertz CT molecular complexity index is 1020. The van der Waals surface area contributed by atoms with Crippen LogP contribution in [0.25, 0.3) is 11.2 Å². The van der Waals surface area contributed by atoms with Gasteiger partial charge in [-0.1, -0.05) is 30.3 Å². The molecule has 0 N–H and O–H groups in total. The molecule has 0 spiro atoms. The number of hydrogen-bond acceptors (Lipinski definition) is 5. The number of nitrogens with zero attached hydrogens (tertiary/aromatic N) is 5. The zero-order valence-electron chi connectivity index (χ0n) is 17.8. The van der Waals surface area contributed by atoms with Crippen LogP contribution in [0.2, 0.25) is 0 Å². The predicted molar refractivity (Wildman–Crippen MR) is 119 cm³/mol. The number of benzene rings is 1. The van der Waals surface area contributed by atoms with Crippen molar-refractivity contribution in [1.29, 1.82) is 0 Å². The third-order valence-corrected chi connectivity index (χ3v) is 6.50. The maximum Gasteiger partial charge on any atom is 0.255 e. The van der Waals surface area contributed by atoms with Crippen molar-refractivity contribution < 1.29 is 9.53 Å². The lowest BCUT2D eigenvalue weighted by atomic mass is 10.0. The number of imidazole rings is 1. The molecule has 2 aromatic heterocycles. The molecule has 0 atom stereocenters. The van der Waals surface area contributed by atoms with Gasteiger partial charge in [-0.2, -0.15) is 0 Å². The molecular formula is C24H29N5O2. The zero-order valence-corrected chi connectivity index (χ0v) is 17.8. The minimum atomic E-state index is 0.0636. The Morgan fingerprint density at radius 3 is 2.58 bits per heavy atom. The van der Waals surface area contributed by atoms with Crippen molar-refractivity contribution in [2.45, 2.75) is 31.8 Å². The number of morpholine rings is 1. The van der Waals surface area contributed by atoms with Gasteiger partial charge in [0.25, 0.3) is 5.91 Å². The fraction of sp³-hybridized carbons (Fsp3) is 0.458. The van der Waals surface area contributed by atoms with Crippen LogP contribution in [-0.2, 0) is 17.7 Å². The number of pyridine rings is 1. The maximum absolute atomic E-state index is 13.1. The van der Waals surface area contributed by atoms with Crippen LogP contribution in [0.5, 0.6) is 0 Å². The van der Waals surface area contributed by atoms with Gasteiger partial charge in [0.1, 0.15) is 5.52 Å². The number of hydrogen-bond donors (Lipinski definition) is 0. The Morgan fingerprint density at radius 2 is 1.81 bits per heavy atom. The van der Waals surface area contributed by atoms with E-state index in [2.05, 4.69) is 43.7 Å². The van der Waals surface area contributed by atoms with Crippen LogP contribution in [0.4, 0.5) is 0 Å². The molecule has 3 aromatic rings. The van der Waals surface area contributed by atoms with E-state index in [1.807, 2.05) is 23.4 Å². The molecule has 5 rings (SSSR count). The minimum Gasteiger partial charge on any atom is -0.379 e. The molecule has 0 saturated carbocycles. The summed E-state index contributed by atoms with van der Waals surface area (Å²) < 4.78 is 7.52. The number of amides is 1. The summed E-state index contributed by atoms with van der Waals surface area (Å²) in [6.45, 7) is 6.06. The Morgan fingerprint density at radius 1 is 1.03 bits per heavy atom. The molecular weight excluding hydrogens is 390 g/mol. The van der Waals surface area contributed by atoms with Crippen LogP contribution in [0.3, 0.4) is 0 Å². The summed E-state index contributed by atoms with van der Waals surface area (Å²) >= 11 is 0. The molecule has 7 heteroatoms. The van der Waals surface area contributed by atoms with Gasteiger partial charge in [0, 0.05) is 45.0 Å². The summed E-state index contributed by atoms with van der Waals surface area (Å²) in [6.07, 6.45) is 6.50. The van der Waals surface area contributed by atoms with Gasteiger partial charge in [-0.3, -0.25) is 9.69 Å². The molecule has 2 aliphatic rings. The number of aryl methyl sites for hydroxylation is 2. The number of carbonyl (C=O) groups is 1. The molecule has 2 fully saturated rings. The van der Waals surface area contributed by atoms with Crippen molar-refractivity contribution in [2.75, 3.05) is 39.4 Å². The van der Waals surface area contributed by atoms with Crippen molar-refractivity contribution in [3.05, 3.63) is 60.0 Å². The van der Waals surface area contributed by atoms with E-state index in [4.69, 9.17) is 4.74 Å². The molecule has 31 heavy (non-hydrogen) atoms. The van der Waals surface area contributed by atoms with Crippen molar-refractivity contribution in [3.63, 3.8) is 0 Å². The molecule has 2 aliphatic heterocycles. The normalized spacial score (nSPS) is 18.5. The first-order valence-electron chi connectivity index (χ1n) is 11.2. The standard InChI is InChI=1S/C24H29N5O2/c30-24(28-10-7-21(8-11-28)27-12-14-31-15-13-27)20-16-22-23(25-17-20)29(18-26-22)9-6-19-4-2-1-3-5-19/h1-5,16-18,21H,6-15H2. The van der Waals surface area contributed by atoms with E-state index in [0.717, 1.165) is 76.4 Å². The highest BCUT2D eigenvalue weighted by molar-refractivity contribution is 5.96. The molecule has 0 radical (unpaired) electrons. The van der Waals surface area contributed by atoms with Crippen molar-refractivity contribution in [3.8, 4) is 0 Å². The largest absolute Gasteiger partial charge is 0.379 e. The lowest BCUT2D eigenvalue weighted by Gasteiger charge is -2.40. The average molecular weight is 420 g/mol. The third-order valence-electron chi connectivity index (χ3n) is 6.50. The summed E-state index contributed by atoms with van der Waals surface area (Å²) in [6, 6.07) is 12.9. The highest BCUT2D eigenvalue weighted by Crippen LogP contribution is 2.20. The molecule has 1 amide bonds. The first-order chi connectivity index (χ1) is 15.3. The smallest absolute Gasteiger partial charge is 0.255 e. The Labute approximate surface area is 182 Å². The topological polar surface area (TPSA) is 63.5 Å². The number of rotatable bonds is 5. The molecule has 162 valence electrons. The van der Waals surface area contributed by atoms with Gasteiger partial charge in [0.05, 0.1) is 25.1 Å². The van der Waals surface area contributed by atoms with Gasteiger partial charge in [0.2, 0.25) is 0 Å². The van der Waals surface area contributed by atoms with E-state index in [9.17, 15) is 4.79 Å². The van der Waals surface area contributed by atoms with Crippen molar-refractivity contribution in [2.24, 2.45) is 0 Å². The summed E-state index contributed by atoms with van der Waals surface area (Å²) in [7, 11) is 0. The number of fused-ring (bicyclic) bond motifs is 1. The maximum atomic E-state index is 13.1. The molecule has 4 heterocycles. The van der Waals surface area contributed by atoms with Crippen LogP contribution in [0.1, 0.15) is 28.8 Å². The molecule has 0 unspecified atom stereocenters. The van der Waals surface area contributed by atoms with E-state index in [0.29, 0.717) is 11.6 Å². The Kier molecular flexibility index (Phi) is 5.95. The highest BCUT2D eigenvalue weighted by Gasteiger charge is 2.28. The number of aromatic nitrogens is 3. The van der Waals surface area contributed by atoms with Gasteiger partial charge in [-0.15, -0.1) is 0 Å². The molecule has 0 bridgehead atoms. The van der Waals surface area contributed by atoms with Gasteiger partial charge in [-0.05, 0) is 30.9 Å². The molecule has 0 aliphatic carbocycles. The molecule has 7 nitrogen and oxygen atoms in total. The van der Waals surface area contributed by atoms with E-state index < -0.39 is 0 Å². The lowest BCUT2D eigenvalue weighted by molar-refractivity contribution is 0.00158. The summed E-state index contributed by atoms with van der Waals surface area (Å²) in [5, 5.41) is 0. The minimum absolute atomic E-state index is 0.0636. The number of piperidine rings is 1. The summed E-state index contributed by atoms with van der Waals surface area (Å²) in [5.41, 5.74) is 3.53. The van der Waals surface area contributed by atoms with E-state index in [1.165, 1.54) is 5.56 Å². The van der Waals surface area contributed by atoms with Gasteiger partial charge < -0.3 is 14.2 Å². The zero-order chi connectivity index (χ0) is 21.0. The van der Waals surface area contributed by atoms with Crippen LogP contribution >= 0.6 is 0 Å². The van der Waals surface area contributed by atoms with Crippen LogP contribution in [0.15, 0.2) is 48.9 Å². The monoisotopic (exact) mass is 419 g/mol. The average Bonchev–Trinajstić information content (AvgIpc) is 3.26. The van der Waals surface area contributed by atoms with Gasteiger partial charge in [-0.25, -0.2) is 9.97 Å². The van der Waals surface area contributed by atoms with Crippen molar-refractivity contribution in [1.82, 2.24) is 24.3 Å².